The summed E-state index contributed by atoms with van der Waals surface area (Å²) in [6, 6.07) is 9.17. The van der Waals surface area contributed by atoms with E-state index in [1.165, 1.54) is 12.1 Å². The number of hydrogen-bond acceptors (Lipinski definition) is 5. The number of nitrogens with two attached hydrogens (primary N) is 1. The van der Waals surface area contributed by atoms with Gasteiger partial charge in [-0.1, -0.05) is 34.6 Å². The van der Waals surface area contributed by atoms with E-state index in [2.05, 4.69) is 4.72 Å². The van der Waals surface area contributed by atoms with Crippen molar-refractivity contribution in [3.8, 4) is 0 Å². The van der Waals surface area contributed by atoms with Gasteiger partial charge in [0.1, 0.15) is 11.2 Å². The Hall–Kier alpha value is -2.38. The van der Waals surface area contributed by atoms with Gasteiger partial charge in [0.05, 0.1) is 10.9 Å². The summed E-state index contributed by atoms with van der Waals surface area (Å²) in [4.78, 5) is 12.8. The first kappa shape index (κ1) is 20.4. The molecule has 1 unspecified atom stereocenters. The molecular weight excluding hydrogens is 376 g/mol. The van der Waals surface area contributed by atoms with Gasteiger partial charge in [0.2, 0.25) is 10.0 Å². The molecule has 3 N–H and O–H groups in total. The maximum atomic E-state index is 13.0. The first-order chi connectivity index (χ1) is 12.9. The average molecular weight is 403 g/mol. The van der Waals surface area contributed by atoms with Gasteiger partial charge in [0, 0.05) is 27.9 Å². The molecule has 1 atom stereocenters. The summed E-state index contributed by atoms with van der Waals surface area (Å²) in [7, 11) is -3.90. The van der Waals surface area contributed by atoms with E-state index in [0.29, 0.717) is 16.9 Å². The molecular formula is C21H26N2O4S. The van der Waals surface area contributed by atoms with Crippen molar-refractivity contribution in [2.45, 2.75) is 45.6 Å². The predicted octanol–water partition coefficient (Wildman–Crippen LogP) is 4.09. The third kappa shape index (κ3) is 3.77. The highest BCUT2D eigenvalue weighted by Crippen LogP contribution is 2.32. The minimum Gasteiger partial charge on any atom is -0.456 e. The van der Waals surface area contributed by atoms with Crippen molar-refractivity contribution in [2.75, 3.05) is 5.73 Å². The van der Waals surface area contributed by atoms with E-state index in [-0.39, 0.29) is 16.6 Å². The number of Topliss-reactive ketones (excluding diaryl/α,β-unsaturated/α-hetero) is 1. The van der Waals surface area contributed by atoms with Gasteiger partial charge < -0.3 is 10.2 Å². The number of hydrogen-bond donors (Lipinski definition) is 2. The van der Waals surface area contributed by atoms with Gasteiger partial charge in [-0.15, -0.1) is 0 Å². The molecule has 1 aromatic heterocycles. The first-order valence-corrected chi connectivity index (χ1v) is 10.7. The molecule has 6 nitrogen and oxygen atoms in total. The Morgan fingerprint density at radius 2 is 1.71 bits per heavy atom. The number of carbonyl (C=O) groups is 1. The van der Waals surface area contributed by atoms with Crippen molar-refractivity contribution < 1.29 is 17.6 Å². The summed E-state index contributed by atoms with van der Waals surface area (Å²) in [5, 5.41) is 1.61. The normalized spacial score (nSPS) is 14.1. The van der Waals surface area contributed by atoms with Crippen LogP contribution in [0.2, 0.25) is 0 Å². The quantitative estimate of drug-likeness (QED) is 0.626. The Bertz CT molecular complexity index is 1150. The molecule has 2 aromatic carbocycles. The number of fused-ring (bicyclic) bond motifs is 3. The molecule has 0 saturated heterocycles. The zero-order chi connectivity index (χ0) is 20.9. The standard InChI is InChI=1S/C21H26N2O4S/c1-12(2)19(20(24)21(3,4)5)23-28(25,26)14-7-8-15-16-10-13(22)6-9-17(16)27-18(15)11-14/h6-12,19,23H,22H2,1-5H3. The number of sulfonamides is 1. The molecule has 0 aliphatic heterocycles. The molecule has 0 spiro atoms. The zero-order valence-corrected chi connectivity index (χ0v) is 17.6. The Morgan fingerprint density at radius 3 is 2.32 bits per heavy atom. The van der Waals surface area contributed by atoms with Crippen LogP contribution in [0.5, 0.6) is 0 Å². The van der Waals surface area contributed by atoms with Crippen LogP contribution in [0.15, 0.2) is 45.7 Å². The van der Waals surface area contributed by atoms with Crippen LogP contribution in [0.1, 0.15) is 34.6 Å². The molecule has 0 bridgehead atoms. The van der Waals surface area contributed by atoms with Crippen molar-refractivity contribution in [3.63, 3.8) is 0 Å². The smallest absolute Gasteiger partial charge is 0.241 e. The van der Waals surface area contributed by atoms with Crippen molar-refractivity contribution >= 4 is 43.4 Å². The van der Waals surface area contributed by atoms with Crippen LogP contribution in [0.25, 0.3) is 21.9 Å². The molecule has 28 heavy (non-hydrogen) atoms. The molecule has 0 radical (unpaired) electrons. The third-order valence-electron chi connectivity index (χ3n) is 4.75. The van der Waals surface area contributed by atoms with E-state index >= 15 is 0 Å². The lowest BCUT2D eigenvalue weighted by molar-refractivity contribution is -0.128. The van der Waals surface area contributed by atoms with Gasteiger partial charge in [-0.25, -0.2) is 13.1 Å². The Balaban J connectivity index is 2.02. The van der Waals surface area contributed by atoms with Crippen LogP contribution in [0, 0.1) is 11.3 Å². The van der Waals surface area contributed by atoms with E-state index in [9.17, 15) is 13.2 Å². The van der Waals surface area contributed by atoms with Gasteiger partial charge >= 0.3 is 0 Å². The van der Waals surface area contributed by atoms with E-state index in [1.54, 1.807) is 45.0 Å². The van der Waals surface area contributed by atoms with Crippen LogP contribution in [0.4, 0.5) is 5.69 Å². The lowest BCUT2D eigenvalue weighted by Crippen LogP contribution is -2.48. The lowest BCUT2D eigenvalue weighted by atomic mass is 9.83. The maximum absolute atomic E-state index is 13.0. The van der Waals surface area contributed by atoms with Gasteiger partial charge in [-0.2, -0.15) is 0 Å². The van der Waals surface area contributed by atoms with E-state index in [1.807, 2.05) is 13.8 Å². The SMILES string of the molecule is CC(C)C(NS(=O)(=O)c1ccc2c(c1)oc1ccc(N)cc12)C(=O)C(C)(C)C. The molecule has 0 amide bonds. The van der Waals surface area contributed by atoms with Crippen LogP contribution in [-0.4, -0.2) is 20.2 Å². The number of furan rings is 1. The molecule has 3 rings (SSSR count). The average Bonchev–Trinajstić information content (AvgIpc) is 2.95. The number of benzene rings is 2. The summed E-state index contributed by atoms with van der Waals surface area (Å²) in [5.41, 5.74) is 6.88. The molecule has 150 valence electrons. The summed E-state index contributed by atoms with van der Waals surface area (Å²) in [6.45, 7) is 8.99. The minimum atomic E-state index is -3.90. The van der Waals surface area contributed by atoms with Crippen molar-refractivity contribution in [3.05, 3.63) is 36.4 Å². The van der Waals surface area contributed by atoms with Gasteiger partial charge in [-0.3, -0.25) is 4.79 Å². The number of anilines is 1. The highest BCUT2D eigenvalue weighted by molar-refractivity contribution is 7.89. The fourth-order valence-corrected chi connectivity index (χ4v) is 4.50. The number of ketones is 1. The second kappa shape index (κ2) is 6.90. The molecule has 3 aromatic rings. The summed E-state index contributed by atoms with van der Waals surface area (Å²) in [5.74, 6) is -0.328. The third-order valence-corrected chi connectivity index (χ3v) is 6.19. The van der Waals surface area contributed by atoms with Crippen molar-refractivity contribution in [1.82, 2.24) is 4.72 Å². The highest BCUT2D eigenvalue weighted by Gasteiger charge is 2.35. The first-order valence-electron chi connectivity index (χ1n) is 9.18. The largest absolute Gasteiger partial charge is 0.456 e. The number of nitrogen functional groups attached to an aromatic ring is 1. The number of nitrogens with one attached hydrogen (secondary N) is 1. The monoisotopic (exact) mass is 402 g/mol. The molecule has 0 saturated carbocycles. The second-order valence-corrected chi connectivity index (χ2v) is 10.2. The van der Waals surface area contributed by atoms with Crippen molar-refractivity contribution in [1.29, 1.82) is 0 Å². The second-order valence-electron chi connectivity index (χ2n) is 8.47. The van der Waals surface area contributed by atoms with Crippen LogP contribution in [-0.2, 0) is 14.8 Å². The molecule has 0 fully saturated rings. The predicted molar refractivity (Wildman–Crippen MR) is 112 cm³/mol. The van der Waals surface area contributed by atoms with Crippen LogP contribution < -0.4 is 10.5 Å². The number of carbonyl (C=O) groups excluding carboxylic acids is 1. The highest BCUT2D eigenvalue weighted by atomic mass is 32.2. The Kier molecular flexibility index (Phi) is 5.02. The Labute approximate surface area is 165 Å². The lowest BCUT2D eigenvalue weighted by Gasteiger charge is -2.27. The fourth-order valence-electron chi connectivity index (χ4n) is 3.14. The molecule has 0 aliphatic carbocycles. The summed E-state index contributed by atoms with van der Waals surface area (Å²) >= 11 is 0. The number of rotatable bonds is 5. The van der Waals surface area contributed by atoms with Gasteiger partial charge in [0.25, 0.3) is 0 Å². The maximum Gasteiger partial charge on any atom is 0.241 e. The molecule has 7 heteroatoms. The van der Waals surface area contributed by atoms with Gasteiger partial charge in [0.15, 0.2) is 5.78 Å². The van der Waals surface area contributed by atoms with Crippen LogP contribution >= 0.6 is 0 Å². The molecule has 1 heterocycles. The summed E-state index contributed by atoms with van der Waals surface area (Å²) in [6.07, 6.45) is 0. The van der Waals surface area contributed by atoms with E-state index in [0.717, 1.165) is 10.8 Å². The van der Waals surface area contributed by atoms with E-state index < -0.39 is 21.5 Å². The fraction of sp³-hybridized carbons (Fsp3) is 0.381. The zero-order valence-electron chi connectivity index (χ0n) is 16.7. The summed E-state index contributed by atoms with van der Waals surface area (Å²) < 4.78 is 34.3. The van der Waals surface area contributed by atoms with E-state index in [4.69, 9.17) is 10.2 Å². The van der Waals surface area contributed by atoms with Crippen molar-refractivity contribution in [2.24, 2.45) is 11.3 Å². The van der Waals surface area contributed by atoms with Crippen LogP contribution in [0.3, 0.4) is 0 Å². The van der Waals surface area contributed by atoms with Gasteiger partial charge in [-0.05, 0) is 36.2 Å². The molecule has 0 aliphatic rings. The minimum absolute atomic E-state index is 0.0550. The topological polar surface area (TPSA) is 102 Å². The Morgan fingerprint density at radius 1 is 1.04 bits per heavy atom.